The minimum absolute atomic E-state index is 0.101. The Morgan fingerprint density at radius 1 is 1.30 bits per heavy atom. The molecule has 1 unspecified atom stereocenters. The van der Waals surface area contributed by atoms with Gasteiger partial charge in [0.15, 0.2) is 9.84 Å². The minimum Gasteiger partial charge on any atom is -0.382 e. The lowest BCUT2D eigenvalue weighted by Crippen LogP contribution is -2.29. The lowest BCUT2D eigenvalue weighted by Gasteiger charge is -2.20. The van der Waals surface area contributed by atoms with Crippen molar-refractivity contribution in [3.05, 3.63) is 29.8 Å². The molecule has 1 aromatic rings. The summed E-state index contributed by atoms with van der Waals surface area (Å²) in [5, 5.41) is 3.47. The number of rotatable bonds is 5. The fraction of sp³-hybridized carbons (Fsp3) is 0.625. The highest BCUT2D eigenvalue weighted by Crippen LogP contribution is 2.34. The maximum Gasteiger partial charge on any atom is 0.159 e. The van der Waals surface area contributed by atoms with Gasteiger partial charge in [-0.05, 0) is 64.2 Å². The van der Waals surface area contributed by atoms with Gasteiger partial charge in [-0.3, -0.25) is 0 Å². The van der Waals surface area contributed by atoms with E-state index in [2.05, 4.69) is 12.2 Å². The van der Waals surface area contributed by atoms with Crippen molar-refractivity contribution >= 4 is 15.5 Å². The van der Waals surface area contributed by atoms with E-state index >= 15 is 0 Å². The monoisotopic (exact) mass is 295 g/mol. The first-order valence-electron chi connectivity index (χ1n) is 7.27. The molecule has 1 N–H and O–H groups in total. The van der Waals surface area contributed by atoms with E-state index < -0.39 is 14.6 Å². The molecule has 20 heavy (non-hydrogen) atoms. The third-order valence-electron chi connectivity index (χ3n) is 3.94. The molecule has 0 heterocycles. The van der Waals surface area contributed by atoms with Gasteiger partial charge in [-0.25, -0.2) is 8.42 Å². The van der Waals surface area contributed by atoms with Gasteiger partial charge in [-0.2, -0.15) is 0 Å². The van der Waals surface area contributed by atoms with Gasteiger partial charge in [0.05, 0.1) is 10.5 Å². The molecular formula is C16H25NO2S. The average Bonchev–Trinajstić information content (AvgIpc) is 3.10. The van der Waals surface area contributed by atoms with Crippen LogP contribution < -0.4 is 5.32 Å². The summed E-state index contributed by atoms with van der Waals surface area (Å²) >= 11 is 0. The second-order valence-corrected chi connectivity index (χ2v) is 9.59. The molecule has 0 saturated heterocycles. The normalized spacial score (nSPS) is 17.8. The highest BCUT2D eigenvalue weighted by atomic mass is 32.2. The molecule has 0 amide bonds. The summed E-state index contributed by atoms with van der Waals surface area (Å²) in [4.78, 5) is 0. The van der Waals surface area contributed by atoms with Crippen LogP contribution >= 0.6 is 0 Å². The number of benzene rings is 1. The Morgan fingerprint density at radius 2 is 1.95 bits per heavy atom. The Hall–Kier alpha value is -1.03. The van der Waals surface area contributed by atoms with Crippen LogP contribution in [0.15, 0.2) is 24.3 Å². The maximum absolute atomic E-state index is 12.3. The Bertz CT molecular complexity index is 568. The predicted octanol–water partition coefficient (Wildman–Crippen LogP) is 3.61. The van der Waals surface area contributed by atoms with E-state index in [9.17, 15) is 8.42 Å². The summed E-state index contributed by atoms with van der Waals surface area (Å²) in [5.41, 5.74) is 1.87. The lowest BCUT2D eigenvalue weighted by atomic mass is 10.1. The van der Waals surface area contributed by atoms with E-state index in [1.165, 1.54) is 12.8 Å². The van der Waals surface area contributed by atoms with Crippen molar-refractivity contribution in [3.8, 4) is 0 Å². The fourth-order valence-electron chi connectivity index (χ4n) is 2.16. The van der Waals surface area contributed by atoms with Crippen LogP contribution in [0.5, 0.6) is 0 Å². The average molecular weight is 295 g/mol. The summed E-state index contributed by atoms with van der Waals surface area (Å²) in [7, 11) is -3.13. The third-order valence-corrected chi connectivity index (χ3v) is 6.52. The van der Waals surface area contributed by atoms with Crippen LogP contribution in [0, 0.1) is 5.92 Å². The second-order valence-electron chi connectivity index (χ2n) is 6.84. The molecule has 3 nitrogen and oxygen atoms in total. The van der Waals surface area contributed by atoms with Crippen molar-refractivity contribution < 1.29 is 8.42 Å². The van der Waals surface area contributed by atoms with Crippen molar-refractivity contribution in [2.24, 2.45) is 5.92 Å². The van der Waals surface area contributed by atoms with E-state index in [-0.39, 0.29) is 5.75 Å². The summed E-state index contributed by atoms with van der Waals surface area (Å²) in [6.45, 7) is 7.44. The van der Waals surface area contributed by atoms with Crippen molar-refractivity contribution in [2.45, 2.75) is 57.1 Å². The molecule has 1 aliphatic carbocycles. The molecule has 0 bridgehead atoms. The van der Waals surface area contributed by atoms with Crippen molar-refractivity contribution in [1.82, 2.24) is 0 Å². The zero-order valence-corrected chi connectivity index (χ0v) is 13.6. The largest absolute Gasteiger partial charge is 0.382 e. The zero-order valence-electron chi connectivity index (χ0n) is 12.8. The van der Waals surface area contributed by atoms with Crippen LogP contribution in [0.4, 0.5) is 5.69 Å². The van der Waals surface area contributed by atoms with Crippen molar-refractivity contribution in [2.75, 3.05) is 5.32 Å². The standard InChI is InChI=1S/C16H25NO2S/c1-12(14-8-9-14)17-15-7-5-6-13(10-15)11-20(18,19)16(2,3)4/h5-7,10,12,14,17H,8-9,11H2,1-4H3. The molecule has 1 fully saturated rings. The highest BCUT2D eigenvalue weighted by Gasteiger charge is 2.29. The van der Waals surface area contributed by atoms with Crippen LogP contribution in [-0.4, -0.2) is 19.2 Å². The first kappa shape index (κ1) is 15.4. The van der Waals surface area contributed by atoms with Gasteiger partial charge >= 0.3 is 0 Å². The number of hydrogen-bond acceptors (Lipinski definition) is 3. The molecule has 112 valence electrons. The minimum atomic E-state index is -3.13. The first-order valence-corrected chi connectivity index (χ1v) is 8.92. The SMILES string of the molecule is CC(Nc1cccc(CS(=O)(=O)C(C)(C)C)c1)C1CC1. The van der Waals surface area contributed by atoms with E-state index in [0.29, 0.717) is 6.04 Å². The molecule has 0 radical (unpaired) electrons. The molecule has 4 heteroatoms. The maximum atomic E-state index is 12.3. The van der Waals surface area contributed by atoms with Gasteiger partial charge < -0.3 is 5.32 Å². The Labute approximate surface area is 122 Å². The van der Waals surface area contributed by atoms with Crippen LogP contribution in [0.25, 0.3) is 0 Å². The number of sulfone groups is 1. The molecule has 0 aromatic heterocycles. The summed E-state index contributed by atoms with van der Waals surface area (Å²) in [5.74, 6) is 0.876. The molecule has 2 rings (SSSR count). The summed E-state index contributed by atoms with van der Waals surface area (Å²) in [6, 6.07) is 8.24. The van der Waals surface area contributed by atoms with E-state index in [1.54, 1.807) is 20.8 Å². The fourth-order valence-corrected chi connectivity index (χ4v) is 3.22. The van der Waals surface area contributed by atoms with Crippen molar-refractivity contribution in [3.63, 3.8) is 0 Å². The number of nitrogens with one attached hydrogen (secondary N) is 1. The second kappa shape index (κ2) is 5.40. The van der Waals surface area contributed by atoms with Crippen LogP contribution in [0.2, 0.25) is 0 Å². The van der Waals surface area contributed by atoms with E-state index in [4.69, 9.17) is 0 Å². The summed E-state index contributed by atoms with van der Waals surface area (Å²) in [6.07, 6.45) is 2.60. The number of hydrogen-bond donors (Lipinski definition) is 1. The zero-order chi connectivity index (χ0) is 15.0. The van der Waals surface area contributed by atoms with Gasteiger partial charge in [-0.15, -0.1) is 0 Å². The Balaban J connectivity index is 2.09. The van der Waals surface area contributed by atoms with Crippen LogP contribution in [-0.2, 0) is 15.6 Å². The van der Waals surface area contributed by atoms with Gasteiger partial charge in [0, 0.05) is 11.7 Å². The van der Waals surface area contributed by atoms with Crippen molar-refractivity contribution in [1.29, 1.82) is 0 Å². The molecular weight excluding hydrogens is 270 g/mol. The smallest absolute Gasteiger partial charge is 0.159 e. The predicted molar refractivity (Wildman–Crippen MR) is 84.6 cm³/mol. The Kier molecular flexibility index (Phi) is 4.14. The van der Waals surface area contributed by atoms with Crippen LogP contribution in [0.3, 0.4) is 0 Å². The molecule has 0 spiro atoms. The highest BCUT2D eigenvalue weighted by molar-refractivity contribution is 7.91. The van der Waals surface area contributed by atoms with Gasteiger partial charge in [-0.1, -0.05) is 12.1 Å². The summed E-state index contributed by atoms with van der Waals surface area (Å²) < 4.78 is 23.8. The van der Waals surface area contributed by atoms with E-state index in [1.807, 2.05) is 24.3 Å². The van der Waals surface area contributed by atoms with Gasteiger partial charge in [0.25, 0.3) is 0 Å². The molecule has 1 saturated carbocycles. The molecule has 1 atom stereocenters. The molecule has 1 aromatic carbocycles. The first-order chi connectivity index (χ1) is 9.19. The number of anilines is 1. The van der Waals surface area contributed by atoms with E-state index in [0.717, 1.165) is 17.2 Å². The van der Waals surface area contributed by atoms with Crippen LogP contribution in [0.1, 0.15) is 46.1 Å². The lowest BCUT2D eigenvalue weighted by molar-refractivity contribution is 0.559. The Morgan fingerprint density at radius 3 is 2.50 bits per heavy atom. The van der Waals surface area contributed by atoms with Gasteiger partial charge in [0.2, 0.25) is 0 Å². The topological polar surface area (TPSA) is 46.2 Å². The quantitative estimate of drug-likeness (QED) is 0.902. The molecule has 0 aliphatic heterocycles. The van der Waals surface area contributed by atoms with Gasteiger partial charge in [0.1, 0.15) is 0 Å². The third kappa shape index (κ3) is 3.75. The molecule has 1 aliphatic rings.